The van der Waals surface area contributed by atoms with Gasteiger partial charge in [0.2, 0.25) is 0 Å². The summed E-state index contributed by atoms with van der Waals surface area (Å²) in [5, 5.41) is 1.35. The molecule has 0 saturated carbocycles. The molecule has 16 heavy (non-hydrogen) atoms. The molecule has 0 radical (unpaired) electrons. The van der Waals surface area contributed by atoms with Crippen molar-refractivity contribution in [2.24, 2.45) is 23.3 Å². The number of hydrogen-bond acceptors (Lipinski definition) is 5. The molecule has 98 valence electrons. The van der Waals surface area contributed by atoms with E-state index in [4.69, 9.17) is 20.5 Å². The Bertz CT molecular complexity index is 203. The van der Waals surface area contributed by atoms with Crippen LogP contribution in [0.25, 0.3) is 0 Å². The molecule has 0 aliphatic rings. The molecule has 0 spiro atoms. The Morgan fingerprint density at radius 2 is 1.38 bits per heavy atom. The van der Waals surface area contributed by atoms with Gasteiger partial charge in [0, 0.05) is 22.5 Å². The molecule has 5 nitrogen and oxygen atoms in total. The molecule has 8 heteroatoms. The molecule has 4 atom stereocenters. The van der Waals surface area contributed by atoms with Crippen molar-refractivity contribution in [2.75, 3.05) is 10.7 Å². The highest BCUT2D eigenvalue weighted by molar-refractivity contribution is 9.09. The van der Waals surface area contributed by atoms with Crippen molar-refractivity contribution in [2.45, 2.75) is 26.3 Å². The predicted molar refractivity (Wildman–Crippen MR) is 73.0 cm³/mol. The van der Waals surface area contributed by atoms with Crippen LogP contribution in [-0.4, -0.2) is 23.1 Å². The van der Waals surface area contributed by atoms with Crippen molar-refractivity contribution >= 4 is 40.1 Å². The molecule has 0 bridgehead atoms. The van der Waals surface area contributed by atoms with E-state index in [0.717, 1.165) is 0 Å². The summed E-state index contributed by atoms with van der Waals surface area (Å²) >= 11 is 6.54. The number of rotatable bonds is 8. The number of nitrogens with two attached hydrogens (primary N) is 2. The van der Waals surface area contributed by atoms with E-state index in [1.807, 2.05) is 13.8 Å². The minimum atomic E-state index is -2.64. The monoisotopic (exact) mass is 380 g/mol. The van der Waals surface area contributed by atoms with Crippen molar-refractivity contribution in [3.8, 4) is 0 Å². The average Bonchev–Trinajstić information content (AvgIpc) is 2.26. The van der Waals surface area contributed by atoms with Gasteiger partial charge in [-0.1, -0.05) is 45.7 Å². The molecule has 0 aromatic heterocycles. The van der Waals surface area contributed by atoms with Crippen molar-refractivity contribution in [1.29, 1.82) is 0 Å². The molecular weight excluding hydrogens is 363 g/mol. The minimum absolute atomic E-state index is 0.0578. The number of hydrogen-bond donors (Lipinski definition) is 2. The van der Waals surface area contributed by atoms with Gasteiger partial charge in [0.1, 0.15) is 12.5 Å². The third-order valence-corrected chi connectivity index (χ3v) is 5.04. The van der Waals surface area contributed by atoms with Crippen LogP contribution in [0.3, 0.4) is 0 Å². The standard InChI is InChI=1S/C8H19Br2N2O3P/c1-5(3-9)7(11)14-16(13)15-8(12)6(2)4-10/h5-8,16H,3-4,11-12H2,1-2H3. The van der Waals surface area contributed by atoms with Gasteiger partial charge in [-0.25, -0.2) is 0 Å². The van der Waals surface area contributed by atoms with Crippen LogP contribution in [0.1, 0.15) is 13.8 Å². The van der Waals surface area contributed by atoms with Crippen LogP contribution in [0.5, 0.6) is 0 Å². The molecule has 0 aromatic carbocycles. The smallest absolute Gasteiger partial charge is 0.305 e. The fraction of sp³-hybridized carbons (Fsp3) is 1.00. The van der Waals surface area contributed by atoms with E-state index < -0.39 is 20.7 Å². The summed E-state index contributed by atoms with van der Waals surface area (Å²) in [5.74, 6) is 0.116. The number of halogens is 2. The van der Waals surface area contributed by atoms with Gasteiger partial charge in [0.05, 0.1) is 0 Å². The lowest BCUT2D eigenvalue weighted by atomic mass is 10.2. The maximum atomic E-state index is 11.5. The van der Waals surface area contributed by atoms with Crippen molar-refractivity contribution < 1.29 is 13.6 Å². The molecule has 0 fully saturated rings. The summed E-state index contributed by atoms with van der Waals surface area (Å²) in [6.45, 7) is 3.77. The second-order valence-corrected chi connectivity index (χ2v) is 5.94. The highest BCUT2D eigenvalue weighted by Crippen LogP contribution is 2.30. The lowest BCUT2D eigenvalue weighted by Gasteiger charge is -2.21. The SMILES string of the molecule is CC(CBr)C(N)O[PH](=O)OC(N)C(C)CBr. The normalized spacial score (nSPS) is 21.1. The third kappa shape index (κ3) is 6.69. The molecule has 4 N–H and O–H groups in total. The first-order valence-electron chi connectivity index (χ1n) is 4.92. The van der Waals surface area contributed by atoms with Crippen molar-refractivity contribution in [3.63, 3.8) is 0 Å². The van der Waals surface area contributed by atoms with Gasteiger partial charge in [-0.3, -0.25) is 13.6 Å². The molecule has 4 unspecified atom stereocenters. The Kier molecular flexibility index (Phi) is 9.61. The van der Waals surface area contributed by atoms with Crippen LogP contribution in [0.15, 0.2) is 0 Å². The molecule has 0 aliphatic carbocycles. The van der Waals surface area contributed by atoms with E-state index in [0.29, 0.717) is 10.7 Å². The Morgan fingerprint density at radius 3 is 1.62 bits per heavy atom. The van der Waals surface area contributed by atoms with E-state index >= 15 is 0 Å². The maximum Gasteiger partial charge on any atom is 0.322 e. The van der Waals surface area contributed by atoms with E-state index in [9.17, 15) is 4.57 Å². The molecule has 0 heterocycles. The first-order valence-corrected chi connectivity index (χ1v) is 8.39. The average molecular weight is 382 g/mol. The van der Waals surface area contributed by atoms with Gasteiger partial charge in [-0.2, -0.15) is 0 Å². The van der Waals surface area contributed by atoms with E-state index in [2.05, 4.69) is 31.9 Å². The first-order chi connectivity index (χ1) is 7.42. The Morgan fingerprint density at radius 1 is 1.06 bits per heavy atom. The van der Waals surface area contributed by atoms with Crippen LogP contribution in [0.2, 0.25) is 0 Å². The number of alkyl halides is 2. The lowest BCUT2D eigenvalue weighted by molar-refractivity contribution is 0.0954. The zero-order valence-electron chi connectivity index (χ0n) is 9.36. The molecule has 0 aliphatic heterocycles. The van der Waals surface area contributed by atoms with E-state index in [1.54, 1.807) is 0 Å². The van der Waals surface area contributed by atoms with Crippen molar-refractivity contribution in [1.82, 2.24) is 0 Å². The second kappa shape index (κ2) is 9.03. The Hall–Kier alpha value is 1.03. The van der Waals surface area contributed by atoms with Crippen LogP contribution in [0.4, 0.5) is 0 Å². The van der Waals surface area contributed by atoms with Gasteiger partial charge in [0.15, 0.2) is 0 Å². The van der Waals surface area contributed by atoms with Gasteiger partial charge < -0.3 is 11.5 Å². The molecule has 0 rings (SSSR count). The van der Waals surface area contributed by atoms with Crippen LogP contribution < -0.4 is 11.5 Å². The minimum Gasteiger partial charge on any atom is -0.305 e. The first kappa shape index (κ1) is 17.0. The lowest BCUT2D eigenvalue weighted by Crippen LogP contribution is -2.33. The van der Waals surface area contributed by atoms with E-state index in [-0.39, 0.29) is 11.8 Å². The maximum absolute atomic E-state index is 11.5. The van der Waals surface area contributed by atoms with Gasteiger partial charge in [-0.05, 0) is 0 Å². The second-order valence-electron chi connectivity index (χ2n) is 3.68. The van der Waals surface area contributed by atoms with Crippen LogP contribution >= 0.6 is 40.1 Å². The zero-order chi connectivity index (χ0) is 12.7. The highest BCUT2D eigenvalue weighted by Gasteiger charge is 2.19. The summed E-state index contributed by atoms with van der Waals surface area (Å²) < 4.78 is 21.5. The zero-order valence-corrected chi connectivity index (χ0v) is 13.5. The predicted octanol–water partition coefficient (Wildman–Crippen LogP) is 2.04. The molecule has 0 saturated heterocycles. The molecule has 0 amide bonds. The van der Waals surface area contributed by atoms with Crippen molar-refractivity contribution in [3.05, 3.63) is 0 Å². The molecule has 0 aromatic rings. The summed E-state index contributed by atoms with van der Waals surface area (Å²) in [6.07, 6.45) is -1.23. The van der Waals surface area contributed by atoms with Gasteiger partial charge >= 0.3 is 8.25 Å². The fourth-order valence-electron chi connectivity index (χ4n) is 0.658. The highest BCUT2D eigenvalue weighted by atomic mass is 79.9. The Labute approximate surface area is 114 Å². The summed E-state index contributed by atoms with van der Waals surface area (Å²) in [7, 11) is -2.64. The quantitative estimate of drug-likeness (QED) is 0.381. The van der Waals surface area contributed by atoms with Gasteiger partial charge in [-0.15, -0.1) is 0 Å². The van der Waals surface area contributed by atoms with Crippen LogP contribution in [-0.2, 0) is 13.6 Å². The third-order valence-electron chi connectivity index (χ3n) is 2.07. The summed E-state index contributed by atoms with van der Waals surface area (Å²) in [4.78, 5) is 0. The Balaban J connectivity index is 3.99. The summed E-state index contributed by atoms with van der Waals surface area (Å²) in [5.41, 5.74) is 11.3. The van der Waals surface area contributed by atoms with E-state index in [1.165, 1.54) is 0 Å². The molecular formula is C8H19Br2N2O3P. The fourth-order valence-corrected chi connectivity index (χ4v) is 2.36. The van der Waals surface area contributed by atoms with Crippen LogP contribution in [0, 0.1) is 11.8 Å². The van der Waals surface area contributed by atoms with Gasteiger partial charge in [0.25, 0.3) is 0 Å². The summed E-state index contributed by atoms with van der Waals surface area (Å²) in [6, 6.07) is 0. The largest absolute Gasteiger partial charge is 0.322 e. The topological polar surface area (TPSA) is 87.6 Å².